The van der Waals surface area contributed by atoms with Crippen LogP contribution in [0.3, 0.4) is 0 Å². The monoisotopic (exact) mass is 445 g/mol. The van der Waals surface area contributed by atoms with Gasteiger partial charge in [0.2, 0.25) is 5.95 Å². The summed E-state index contributed by atoms with van der Waals surface area (Å²) in [6.45, 7) is 7.14. The van der Waals surface area contributed by atoms with Gasteiger partial charge in [0.05, 0.1) is 23.6 Å². The molecule has 5 rings (SSSR count). The molecule has 6 heteroatoms. The van der Waals surface area contributed by atoms with Crippen LogP contribution in [-0.4, -0.2) is 39.6 Å². The molecule has 1 saturated carbocycles. The SMILES string of the molecule is C/C1=N/N=C(C)/C=C\C(C2=CCCCc3nc(N[C@H]4CC[C@]5(CCO5)CC4)ncc32)=C/[C@H]1C. The van der Waals surface area contributed by atoms with Gasteiger partial charge in [0.15, 0.2) is 0 Å². The number of fused-ring (bicyclic) bond motifs is 1. The molecule has 4 aliphatic rings. The van der Waals surface area contributed by atoms with E-state index in [1.807, 2.05) is 26.1 Å². The van der Waals surface area contributed by atoms with Crippen LogP contribution < -0.4 is 5.32 Å². The highest BCUT2D eigenvalue weighted by molar-refractivity contribution is 5.97. The molecule has 0 bridgehead atoms. The third-order valence-electron chi connectivity index (χ3n) is 7.59. The lowest BCUT2D eigenvalue weighted by Crippen LogP contribution is -2.48. The summed E-state index contributed by atoms with van der Waals surface area (Å²) in [5, 5.41) is 12.3. The first kappa shape index (κ1) is 22.2. The Labute approximate surface area is 197 Å². The minimum Gasteiger partial charge on any atom is -0.375 e. The van der Waals surface area contributed by atoms with Crippen molar-refractivity contribution in [2.24, 2.45) is 16.1 Å². The second-order valence-corrected chi connectivity index (χ2v) is 9.99. The van der Waals surface area contributed by atoms with E-state index < -0.39 is 0 Å². The van der Waals surface area contributed by atoms with E-state index in [1.165, 1.54) is 17.6 Å². The Morgan fingerprint density at radius 1 is 1.09 bits per heavy atom. The second kappa shape index (κ2) is 9.34. The lowest BCUT2D eigenvalue weighted by Gasteiger charge is -2.46. The fraction of sp³-hybridized carbons (Fsp3) is 0.556. The van der Waals surface area contributed by atoms with Crippen molar-refractivity contribution in [2.45, 2.75) is 83.8 Å². The maximum Gasteiger partial charge on any atom is 0.223 e. The molecule has 3 heterocycles. The van der Waals surface area contributed by atoms with Gasteiger partial charge in [-0.15, -0.1) is 0 Å². The highest BCUT2D eigenvalue weighted by atomic mass is 16.5. The van der Waals surface area contributed by atoms with E-state index in [-0.39, 0.29) is 11.5 Å². The minimum absolute atomic E-state index is 0.188. The number of hydrogen-bond acceptors (Lipinski definition) is 6. The van der Waals surface area contributed by atoms with Gasteiger partial charge >= 0.3 is 0 Å². The quantitative estimate of drug-likeness (QED) is 0.650. The van der Waals surface area contributed by atoms with Gasteiger partial charge < -0.3 is 10.1 Å². The molecule has 2 fully saturated rings. The number of anilines is 1. The van der Waals surface area contributed by atoms with Crippen molar-refractivity contribution in [3.8, 4) is 0 Å². The molecule has 2 aliphatic carbocycles. The Kier molecular flexibility index (Phi) is 6.28. The Bertz CT molecular complexity index is 1050. The van der Waals surface area contributed by atoms with Crippen molar-refractivity contribution in [1.82, 2.24) is 9.97 Å². The summed E-state index contributed by atoms with van der Waals surface area (Å²) in [6.07, 6.45) is 19.8. The number of hydrogen-bond donors (Lipinski definition) is 1. The van der Waals surface area contributed by atoms with E-state index in [9.17, 15) is 0 Å². The molecule has 1 aromatic rings. The third-order valence-corrected chi connectivity index (χ3v) is 7.59. The Balaban J connectivity index is 1.38. The highest BCUT2D eigenvalue weighted by Crippen LogP contribution is 2.41. The third kappa shape index (κ3) is 4.86. The molecule has 174 valence electrons. The van der Waals surface area contributed by atoms with Crippen molar-refractivity contribution in [2.75, 3.05) is 11.9 Å². The lowest BCUT2D eigenvalue weighted by atomic mass is 9.77. The van der Waals surface area contributed by atoms with E-state index in [0.29, 0.717) is 6.04 Å². The molecule has 1 aromatic heterocycles. The summed E-state index contributed by atoms with van der Waals surface area (Å²) >= 11 is 0. The van der Waals surface area contributed by atoms with Crippen molar-refractivity contribution < 1.29 is 4.74 Å². The second-order valence-electron chi connectivity index (χ2n) is 9.99. The highest BCUT2D eigenvalue weighted by Gasteiger charge is 2.41. The average Bonchev–Trinajstić information content (AvgIpc) is 2.98. The van der Waals surface area contributed by atoms with Crippen molar-refractivity contribution >= 4 is 22.9 Å². The van der Waals surface area contributed by atoms with E-state index in [1.54, 1.807) is 0 Å². The summed E-state index contributed by atoms with van der Waals surface area (Å²) < 4.78 is 5.87. The van der Waals surface area contributed by atoms with Crippen LogP contribution in [0.4, 0.5) is 5.95 Å². The minimum atomic E-state index is 0.188. The van der Waals surface area contributed by atoms with Crippen LogP contribution in [0.5, 0.6) is 0 Å². The number of nitrogens with one attached hydrogen (secondary N) is 1. The van der Waals surface area contributed by atoms with Crippen LogP contribution in [0.1, 0.15) is 77.0 Å². The molecule has 1 saturated heterocycles. The molecular formula is C27H35N5O. The van der Waals surface area contributed by atoms with Crippen LogP contribution >= 0.6 is 0 Å². The zero-order valence-electron chi connectivity index (χ0n) is 20.1. The van der Waals surface area contributed by atoms with E-state index in [4.69, 9.17) is 14.7 Å². The summed E-state index contributed by atoms with van der Waals surface area (Å²) in [7, 11) is 0. The van der Waals surface area contributed by atoms with Gasteiger partial charge in [0.25, 0.3) is 0 Å². The van der Waals surface area contributed by atoms with E-state index >= 15 is 0 Å². The topological polar surface area (TPSA) is 71.8 Å². The zero-order chi connectivity index (χ0) is 22.8. The molecule has 1 spiro atoms. The van der Waals surface area contributed by atoms with Crippen molar-refractivity contribution in [3.63, 3.8) is 0 Å². The number of ether oxygens (including phenoxy) is 1. The number of allylic oxidation sites excluding steroid dienone is 6. The van der Waals surface area contributed by atoms with Gasteiger partial charge in [-0.2, -0.15) is 10.2 Å². The summed E-state index contributed by atoms with van der Waals surface area (Å²) in [5.41, 5.74) is 6.82. The van der Waals surface area contributed by atoms with Crippen LogP contribution in [0.25, 0.3) is 5.57 Å². The van der Waals surface area contributed by atoms with Crippen LogP contribution in [0, 0.1) is 5.92 Å². The summed E-state index contributed by atoms with van der Waals surface area (Å²) in [4.78, 5) is 9.76. The van der Waals surface area contributed by atoms with Crippen LogP contribution in [0.15, 0.2) is 46.3 Å². The predicted molar refractivity (Wildman–Crippen MR) is 135 cm³/mol. The smallest absolute Gasteiger partial charge is 0.223 e. The van der Waals surface area contributed by atoms with Gasteiger partial charge in [0, 0.05) is 29.4 Å². The molecule has 1 atom stereocenters. The molecule has 6 nitrogen and oxygen atoms in total. The van der Waals surface area contributed by atoms with Gasteiger partial charge in [-0.25, -0.2) is 9.97 Å². The molecule has 0 amide bonds. The van der Waals surface area contributed by atoms with Crippen molar-refractivity contribution in [1.29, 1.82) is 0 Å². The first-order valence-electron chi connectivity index (χ1n) is 12.5. The van der Waals surface area contributed by atoms with Gasteiger partial charge in [-0.05, 0) is 82.4 Å². The number of rotatable bonds is 3. The van der Waals surface area contributed by atoms with Crippen LogP contribution in [-0.2, 0) is 11.2 Å². The Morgan fingerprint density at radius 2 is 1.91 bits per heavy atom. The van der Waals surface area contributed by atoms with E-state index in [2.05, 4.69) is 40.7 Å². The summed E-state index contributed by atoms with van der Waals surface area (Å²) in [6, 6.07) is 0.434. The van der Waals surface area contributed by atoms with Crippen LogP contribution in [0.2, 0.25) is 0 Å². The fourth-order valence-corrected chi connectivity index (χ4v) is 5.17. The molecule has 2 aliphatic heterocycles. The fourth-order valence-electron chi connectivity index (χ4n) is 5.17. The molecular weight excluding hydrogens is 410 g/mol. The Hall–Kier alpha value is -2.60. The Morgan fingerprint density at radius 3 is 2.67 bits per heavy atom. The number of aryl methyl sites for hydroxylation is 1. The maximum atomic E-state index is 5.87. The standard InChI is InChI=1S/C27H35N5O/c1-18-16-21(9-8-19(2)31-32-20(18)3)23-6-4-5-7-25-24(23)17-28-26(30-25)29-22-10-12-27(13-11-22)14-15-33-27/h6,8-9,16-18,22H,4-5,7,10-15H2,1-3H3,(H,28,29,30)/b9-8-,21-16+,31-19+,32-20-/t18-,22-,27+/m1/s1. The van der Waals surface area contributed by atoms with Gasteiger partial charge in [-0.1, -0.05) is 25.2 Å². The molecule has 1 N–H and O–H groups in total. The average molecular weight is 446 g/mol. The molecule has 0 unspecified atom stereocenters. The number of nitrogens with zero attached hydrogens (tertiary/aromatic N) is 4. The first-order valence-corrected chi connectivity index (χ1v) is 12.5. The number of aromatic nitrogens is 2. The lowest BCUT2D eigenvalue weighted by molar-refractivity contribution is -0.165. The van der Waals surface area contributed by atoms with E-state index in [0.717, 1.165) is 80.2 Å². The normalized spacial score (nSPS) is 35.5. The maximum absolute atomic E-state index is 5.87. The predicted octanol–water partition coefficient (Wildman–Crippen LogP) is 5.68. The molecule has 0 aromatic carbocycles. The molecule has 33 heavy (non-hydrogen) atoms. The van der Waals surface area contributed by atoms with Gasteiger partial charge in [0.1, 0.15) is 0 Å². The zero-order valence-corrected chi connectivity index (χ0v) is 20.1. The molecule has 0 radical (unpaired) electrons. The van der Waals surface area contributed by atoms with Crippen molar-refractivity contribution in [3.05, 3.63) is 47.3 Å². The summed E-state index contributed by atoms with van der Waals surface area (Å²) in [5.74, 6) is 0.979. The van der Waals surface area contributed by atoms with Gasteiger partial charge in [-0.3, -0.25) is 0 Å². The largest absolute Gasteiger partial charge is 0.375 e. The first-order chi connectivity index (χ1) is 16.0.